The van der Waals surface area contributed by atoms with Gasteiger partial charge < -0.3 is 0 Å². The van der Waals surface area contributed by atoms with Gasteiger partial charge in [-0.3, -0.25) is 0 Å². The number of unbranched alkanes of at least 4 members (excludes halogenated alkanes) is 12. The van der Waals surface area contributed by atoms with Crippen LogP contribution < -0.4 is 0 Å². The van der Waals surface area contributed by atoms with Crippen molar-refractivity contribution in [3.63, 3.8) is 0 Å². The molecule has 0 aliphatic carbocycles. The van der Waals surface area contributed by atoms with Gasteiger partial charge in [-0.1, -0.05) is 135 Å². The first-order valence-electron chi connectivity index (χ1n) is 20.8. The van der Waals surface area contributed by atoms with Crippen molar-refractivity contribution < 1.29 is 4.70 Å². The lowest BCUT2D eigenvalue weighted by Gasteiger charge is -2.17. The fourth-order valence-corrected chi connectivity index (χ4v) is 7.15. The molecule has 2 nitrogen and oxygen atoms in total. The normalized spacial score (nSPS) is 12.3. The molecule has 2 rings (SSSR count). The lowest BCUT2D eigenvalue weighted by molar-refractivity contribution is -0.510. The smallest absolute Gasteiger partial charge is 0.0909 e. The van der Waals surface area contributed by atoms with Crippen LogP contribution in [0.25, 0.3) is 6.08 Å². The van der Waals surface area contributed by atoms with Crippen LogP contribution in [0.5, 0.6) is 0 Å². The summed E-state index contributed by atoms with van der Waals surface area (Å²) in [5.41, 5.74) is 13.3. The van der Waals surface area contributed by atoms with Gasteiger partial charge in [-0.15, -0.1) is 0 Å². The van der Waals surface area contributed by atoms with Crippen LogP contribution in [0.15, 0.2) is 35.1 Å². The molecule has 0 bridgehead atoms. The van der Waals surface area contributed by atoms with Crippen LogP contribution >= 0.6 is 0 Å². The molecule has 2 aromatic rings. The predicted octanol–water partition coefficient (Wildman–Crippen LogP) is 14.9. The SMILES string of the molecule is CCCCCCCCc1c(CCCC)cc(C=C(C)[N+](C)=Nc2cc(CCCC)c(CCCC)c(CCCC)c2)cc1CCCCCC. The predicted molar refractivity (Wildman–Crippen MR) is 214 cm³/mol. The molecule has 0 aliphatic rings. The van der Waals surface area contributed by atoms with Crippen LogP contribution in [-0.2, 0) is 38.5 Å². The van der Waals surface area contributed by atoms with E-state index < -0.39 is 0 Å². The average molecular weight is 658 g/mol. The molecule has 0 N–H and O–H groups in total. The zero-order valence-electron chi connectivity index (χ0n) is 33.3. The van der Waals surface area contributed by atoms with Crippen LogP contribution in [0, 0.1) is 0 Å². The quantitative estimate of drug-likeness (QED) is 0.0516. The van der Waals surface area contributed by atoms with Gasteiger partial charge in [-0.2, -0.15) is 0 Å². The van der Waals surface area contributed by atoms with Crippen molar-refractivity contribution in [2.45, 2.75) is 203 Å². The lowest BCUT2D eigenvalue weighted by Crippen LogP contribution is -2.05. The Balaban J connectivity index is 2.49. The highest BCUT2D eigenvalue weighted by atomic mass is 15.2. The molecule has 0 fully saturated rings. The van der Waals surface area contributed by atoms with Gasteiger partial charge in [-0.25, -0.2) is 0 Å². The number of nitrogens with zero attached hydrogens (tertiary/aromatic N) is 2. The van der Waals surface area contributed by atoms with Crippen molar-refractivity contribution in [3.8, 4) is 0 Å². The second-order valence-corrected chi connectivity index (χ2v) is 14.7. The maximum absolute atomic E-state index is 5.23. The Morgan fingerprint density at radius 2 is 0.833 bits per heavy atom. The molecular formula is C46H77N2+. The van der Waals surface area contributed by atoms with E-state index in [1.165, 1.54) is 165 Å². The van der Waals surface area contributed by atoms with Gasteiger partial charge in [0, 0.05) is 13.0 Å². The van der Waals surface area contributed by atoms with Crippen LogP contribution in [0.2, 0.25) is 0 Å². The van der Waals surface area contributed by atoms with Crippen molar-refractivity contribution >= 4 is 11.8 Å². The zero-order chi connectivity index (χ0) is 35.0. The van der Waals surface area contributed by atoms with Crippen LogP contribution in [0.1, 0.15) is 203 Å². The summed E-state index contributed by atoms with van der Waals surface area (Å²) in [4.78, 5) is 0. The minimum atomic E-state index is 1.12. The van der Waals surface area contributed by atoms with E-state index in [1.54, 1.807) is 33.4 Å². The first-order valence-corrected chi connectivity index (χ1v) is 20.8. The largest absolute Gasteiger partial charge is 0.205 e. The minimum Gasteiger partial charge on any atom is -0.0909 e. The van der Waals surface area contributed by atoms with Crippen molar-refractivity contribution in [1.29, 1.82) is 0 Å². The van der Waals surface area contributed by atoms with Gasteiger partial charge in [0.25, 0.3) is 0 Å². The number of allylic oxidation sites excluding steroid dienone is 1. The minimum absolute atomic E-state index is 1.12. The van der Waals surface area contributed by atoms with Crippen molar-refractivity contribution in [2.24, 2.45) is 5.11 Å². The van der Waals surface area contributed by atoms with Crippen LogP contribution in [0.4, 0.5) is 5.69 Å². The zero-order valence-corrected chi connectivity index (χ0v) is 33.3. The number of aryl methyl sites for hydroxylation is 4. The monoisotopic (exact) mass is 658 g/mol. The van der Waals surface area contributed by atoms with Gasteiger partial charge in [0.1, 0.15) is 5.69 Å². The number of hydrogen-bond acceptors (Lipinski definition) is 1. The highest BCUT2D eigenvalue weighted by Gasteiger charge is 2.15. The number of azo groups is 2. The van der Waals surface area contributed by atoms with Gasteiger partial charge in [0.05, 0.1) is 0 Å². The molecule has 0 saturated carbocycles. The highest BCUT2D eigenvalue weighted by Crippen LogP contribution is 2.30. The summed E-state index contributed by atoms with van der Waals surface area (Å²) in [7, 11) is 2.14. The van der Waals surface area contributed by atoms with Gasteiger partial charge in [-0.05, 0) is 133 Å². The van der Waals surface area contributed by atoms with E-state index >= 15 is 0 Å². The van der Waals surface area contributed by atoms with Crippen molar-refractivity contribution in [2.75, 3.05) is 7.05 Å². The third-order valence-electron chi connectivity index (χ3n) is 10.3. The van der Waals surface area contributed by atoms with E-state index in [0.717, 1.165) is 5.69 Å². The number of rotatable bonds is 27. The lowest BCUT2D eigenvalue weighted by atomic mass is 9.88. The second kappa shape index (κ2) is 25.7. The Morgan fingerprint density at radius 1 is 0.479 bits per heavy atom. The number of hydrogen-bond donors (Lipinski definition) is 0. The molecule has 0 aliphatic heterocycles. The maximum atomic E-state index is 5.23. The summed E-state index contributed by atoms with van der Waals surface area (Å²) in [6.07, 6.45) is 33.1. The standard InChI is InChI=1S/C46H77N2/c1-9-15-21-23-24-26-32-46-40(27-17-11-3)34-39(35-41(46)30-25-22-16-10-2)33-38(7)48(8)47-44-36-42(28-18-12-4)45(31-20-14-6)43(37-44)29-19-13-5/h33-37H,9-32H2,1-8H3/q+1. The maximum Gasteiger partial charge on any atom is 0.205 e. The molecule has 2 heteroatoms. The molecule has 0 heterocycles. The number of benzene rings is 2. The molecule has 0 saturated heterocycles. The Kier molecular flexibility index (Phi) is 22.5. The van der Waals surface area contributed by atoms with E-state index in [0.29, 0.717) is 0 Å². The molecular weight excluding hydrogens is 581 g/mol. The van der Waals surface area contributed by atoms with E-state index in [9.17, 15) is 0 Å². The van der Waals surface area contributed by atoms with Crippen molar-refractivity contribution in [1.82, 2.24) is 0 Å². The third-order valence-corrected chi connectivity index (χ3v) is 10.3. The van der Waals surface area contributed by atoms with E-state index in [2.05, 4.69) is 90.6 Å². The Hall–Kier alpha value is -2.22. The van der Waals surface area contributed by atoms with Gasteiger partial charge in [0.2, 0.25) is 5.70 Å². The van der Waals surface area contributed by atoms with Gasteiger partial charge >= 0.3 is 0 Å². The summed E-state index contributed by atoms with van der Waals surface area (Å²) in [5.74, 6) is 0. The molecule has 270 valence electrons. The summed E-state index contributed by atoms with van der Waals surface area (Å²) < 4.78 is 2.13. The Labute approximate surface area is 299 Å². The first-order chi connectivity index (χ1) is 23.4. The second-order valence-electron chi connectivity index (χ2n) is 14.7. The molecule has 0 atom stereocenters. The first kappa shape index (κ1) is 41.9. The summed E-state index contributed by atoms with van der Waals surface area (Å²) in [6, 6.07) is 9.89. The topological polar surface area (TPSA) is 15.4 Å². The molecule has 0 aromatic heterocycles. The summed E-state index contributed by atoms with van der Waals surface area (Å²) in [5, 5.41) is 5.23. The molecule has 0 unspecified atom stereocenters. The molecule has 0 spiro atoms. The molecule has 0 radical (unpaired) electrons. The van der Waals surface area contributed by atoms with E-state index in [1.807, 2.05) is 0 Å². The fraction of sp³-hybridized carbons (Fsp3) is 0.696. The Bertz CT molecular complexity index is 1190. The fourth-order valence-electron chi connectivity index (χ4n) is 7.15. The van der Waals surface area contributed by atoms with Crippen LogP contribution in [0.3, 0.4) is 0 Å². The molecule has 48 heavy (non-hydrogen) atoms. The average Bonchev–Trinajstić information content (AvgIpc) is 3.08. The Morgan fingerprint density at radius 3 is 1.33 bits per heavy atom. The summed E-state index contributed by atoms with van der Waals surface area (Å²) >= 11 is 0. The van der Waals surface area contributed by atoms with Crippen LogP contribution in [-0.4, -0.2) is 11.7 Å². The van der Waals surface area contributed by atoms with E-state index in [-0.39, 0.29) is 0 Å². The highest BCUT2D eigenvalue weighted by molar-refractivity contribution is 5.56. The molecule has 2 aromatic carbocycles. The third kappa shape index (κ3) is 15.6. The van der Waals surface area contributed by atoms with E-state index in [4.69, 9.17) is 5.11 Å². The molecule has 0 amide bonds. The van der Waals surface area contributed by atoms with Crippen molar-refractivity contribution in [3.05, 3.63) is 68.9 Å². The van der Waals surface area contributed by atoms with Gasteiger partial charge in [0.15, 0.2) is 7.05 Å². The summed E-state index contributed by atoms with van der Waals surface area (Å²) in [6.45, 7) is 16.1.